The van der Waals surface area contributed by atoms with Gasteiger partial charge in [0.1, 0.15) is 5.75 Å². The molecule has 2 nitrogen and oxygen atoms in total. The van der Waals surface area contributed by atoms with Crippen molar-refractivity contribution in [2.75, 3.05) is 19.7 Å². The minimum absolute atomic E-state index is 0.669. The SMILES string of the molecule is Cc1cccc2c1OCC[C@H]1CNC[C@H]21. The lowest BCUT2D eigenvalue weighted by molar-refractivity contribution is 0.295. The van der Waals surface area contributed by atoms with Gasteiger partial charge >= 0.3 is 0 Å². The standard InChI is InChI=1S/C13H17NO/c1-9-3-2-4-11-12-8-14-7-10(12)5-6-15-13(9)11/h2-4,10,12,14H,5-8H2,1H3/t10-,12-/m0/s1. The maximum Gasteiger partial charge on any atom is 0.125 e. The van der Waals surface area contributed by atoms with Gasteiger partial charge in [-0.05, 0) is 36.9 Å². The fourth-order valence-electron chi connectivity index (χ4n) is 2.88. The Bertz CT molecular complexity index is 375. The number of aryl methyl sites for hydroxylation is 1. The molecular formula is C13H17NO. The van der Waals surface area contributed by atoms with Crippen LogP contribution >= 0.6 is 0 Å². The summed E-state index contributed by atoms with van der Waals surface area (Å²) in [6.07, 6.45) is 1.19. The molecule has 0 amide bonds. The van der Waals surface area contributed by atoms with Crippen molar-refractivity contribution >= 4 is 0 Å². The van der Waals surface area contributed by atoms with Gasteiger partial charge in [0.2, 0.25) is 0 Å². The number of hydrogen-bond donors (Lipinski definition) is 1. The van der Waals surface area contributed by atoms with Crippen molar-refractivity contribution in [1.29, 1.82) is 0 Å². The molecule has 1 saturated heterocycles. The summed E-state index contributed by atoms with van der Waals surface area (Å²) in [5.41, 5.74) is 2.70. The zero-order valence-electron chi connectivity index (χ0n) is 9.12. The second-order valence-electron chi connectivity index (χ2n) is 4.66. The van der Waals surface area contributed by atoms with E-state index in [9.17, 15) is 0 Å². The van der Waals surface area contributed by atoms with Crippen LogP contribution in [0.3, 0.4) is 0 Å². The van der Waals surface area contributed by atoms with E-state index in [0.717, 1.165) is 31.4 Å². The Labute approximate surface area is 90.6 Å². The summed E-state index contributed by atoms with van der Waals surface area (Å²) in [6, 6.07) is 6.53. The molecule has 80 valence electrons. The third-order valence-corrected chi connectivity index (χ3v) is 3.72. The first-order chi connectivity index (χ1) is 7.36. The van der Waals surface area contributed by atoms with Gasteiger partial charge in [0, 0.05) is 12.5 Å². The number of fused-ring (bicyclic) bond motifs is 3. The van der Waals surface area contributed by atoms with Crippen molar-refractivity contribution in [3.05, 3.63) is 29.3 Å². The summed E-state index contributed by atoms with van der Waals surface area (Å²) >= 11 is 0. The summed E-state index contributed by atoms with van der Waals surface area (Å²) in [5, 5.41) is 3.50. The third-order valence-electron chi connectivity index (χ3n) is 3.72. The van der Waals surface area contributed by atoms with E-state index in [1.807, 2.05) is 0 Å². The van der Waals surface area contributed by atoms with E-state index in [-0.39, 0.29) is 0 Å². The summed E-state index contributed by atoms with van der Waals surface area (Å²) in [7, 11) is 0. The van der Waals surface area contributed by atoms with Gasteiger partial charge in [-0.15, -0.1) is 0 Å². The summed E-state index contributed by atoms with van der Waals surface area (Å²) in [6.45, 7) is 5.29. The number of ether oxygens (including phenoxy) is 1. The van der Waals surface area contributed by atoms with Crippen molar-refractivity contribution in [1.82, 2.24) is 5.32 Å². The van der Waals surface area contributed by atoms with E-state index >= 15 is 0 Å². The molecule has 0 unspecified atom stereocenters. The average molecular weight is 203 g/mol. The number of para-hydroxylation sites is 1. The van der Waals surface area contributed by atoms with Gasteiger partial charge in [-0.25, -0.2) is 0 Å². The fourth-order valence-corrected chi connectivity index (χ4v) is 2.88. The number of hydrogen-bond acceptors (Lipinski definition) is 2. The monoisotopic (exact) mass is 203 g/mol. The van der Waals surface area contributed by atoms with Crippen molar-refractivity contribution in [2.24, 2.45) is 5.92 Å². The van der Waals surface area contributed by atoms with Crippen molar-refractivity contribution in [2.45, 2.75) is 19.3 Å². The Hall–Kier alpha value is -1.02. The van der Waals surface area contributed by atoms with E-state index in [0.29, 0.717) is 5.92 Å². The van der Waals surface area contributed by atoms with Crippen molar-refractivity contribution in [3.63, 3.8) is 0 Å². The molecule has 0 saturated carbocycles. The lowest BCUT2D eigenvalue weighted by atomic mass is 9.87. The van der Waals surface area contributed by atoms with Crippen LogP contribution in [0.1, 0.15) is 23.5 Å². The molecule has 2 aliphatic heterocycles. The number of benzene rings is 1. The van der Waals surface area contributed by atoms with Gasteiger partial charge in [0.05, 0.1) is 6.61 Å². The van der Waals surface area contributed by atoms with Crippen LogP contribution in [0.25, 0.3) is 0 Å². The quantitative estimate of drug-likeness (QED) is 0.697. The second kappa shape index (κ2) is 3.53. The molecule has 1 aromatic carbocycles. The van der Waals surface area contributed by atoms with Gasteiger partial charge in [0.15, 0.2) is 0 Å². The molecule has 2 atom stereocenters. The minimum Gasteiger partial charge on any atom is -0.493 e. The largest absolute Gasteiger partial charge is 0.493 e. The van der Waals surface area contributed by atoms with E-state index < -0.39 is 0 Å². The second-order valence-corrected chi connectivity index (χ2v) is 4.66. The van der Waals surface area contributed by atoms with Gasteiger partial charge in [-0.2, -0.15) is 0 Å². The van der Waals surface area contributed by atoms with Crippen LogP contribution in [0.15, 0.2) is 18.2 Å². The molecule has 0 spiro atoms. The Morgan fingerprint density at radius 3 is 3.20 bits per heavy atom. The van der Waals surface area contributed by atoms with E-state index in [2.05, 4.69) is 30.4 Å². The summed E-state index contributed by atoms with van der Waals surface area (Å²) in [4.78, 5) is 0. The van der Waals surface area contributed by atoms with Gasteiger partial charge in [-0.3, -0.25) is 0 Å². The molecule has 0 aliphatic carbocycles. The molecule has 0 radical (unpaired) electrons. The zero-order valence-corrected chi connectivity index (χ0v) is 9.12. The van der Waals surface area contributed by atoms with E-state index in [1.54, 1.807) is 0 Å². The number of nitrogens with one attached hydrogen (secondary N) is 1. The smallest absolute Gasteiger partial charge is 0.125 e. The topological polar surface area (TPSA) is 21.3 Å². The molecule has 3 rings (SSSR count). The molecule has 0 aromatic heterocycles. The molecule has 0 bridgehead atoms. The maximum atomic E-state index is 5.89. The van der Waals surface area contributed by atoms with Gasteiger partial charge < -0.3 is 10.1 Å². The van der Waals surface area contributed by atoms with Crippen LogP contribution in [-0.2, 0) is 0 Å². The summed E-state index contributed by atoms with van der Waals surface area (Å²) in [5.74, 6) is 2.59. The van der Waals surface area contributed by atoms with Crippen LogP contribution in [0.5, 0.6) is 5.75 Å². The van der Waals surface area contributed by atoms with Crippen molar-refractivity contribution < 1.29 is 4.74 Å². The van der Waals surface area contributed by atoms with Crippen LogP contribution in [-0.4, -0.2) is 19.7 Å². The molecule has 1 fully saturated rings. The Morgan fingerprint density at radius 2 is 2.27 bits per heavy atom. The zero-order chi connectivity index (χ0) is 10.3. The predicted octanol–water partition coefficient (Wildman–Crippen LogP) is 2.08. The minimum atomic E-state index is 0.669. The molecule has 2 heterocycles. The van der Waals surface area contributed by atoms with Crippen LogP contribution in [0.2, 0.25) is 0 Å². The highest BCUT2D eigenvalue weighted by atomic mass is 16.5. The van der Waals surface area contributed by atoms with E-state index in [4.69, 9.17) is 4.74 Å². The summed E-state index contributed by atoms with van der Waals surface area (Å²) < 4.78 is 5.89. The molecule has 2 aliphatic rings. The van der Waals surface area contributed by atoms with Crippen molar-refractivity contribution in [3.8, 4) is 5.75 Å². The van der Waals surface area contributed by atoms with Crippen LogP contribution < -0.4 is 10.1 Å². The maximum absolute atomic E-state index is 5.89. The Kier molecular flexibility index (Phi) is 2.17. The molecule has 2 heteroatoms. The first-order valence-electron chi connectivity index (χ1n) is 5.79. The fraction of sp³-hybridized carbons (Fsp3) is 0.538. The lowest BCUT2D eigenvalue weighted by Gasteiger charge is -2.16. The Morgan fingerprint density at radius 1 is 1.33 bits per heavy atom. The highest BCUT2D eigenvalue weighted by molar-refractivity contribution is 5.44. The predicted molar refractivity (Wildman–Crippen MR) is 60.4 cm³/mol. The highest BCUT2D eigenvalue weighted by Gasteiger charge is 2.32. The number of rotatable bonds is 0. The normalized spacial score (nSPS) is 28.9. The molecular weight excluding hydrogens is 186 g/mol. The highest BCUT2D eigenvalue weighted by Crippen LogP contribution is 2.39. The van der Waals surface area contributed by atoms with Gasteiger partial charge in [-0.1, -0.05) is 18.2 Å². The first-order valence-corrected chi connectivity index (χ1v) is 5.79. The first kappa shape index (κ1) is 9.22. The Balaban J connectivity index is 2.09. The molecule has 1 N–H and O–H groups in total. The molecule has 1 aromatic rings. The van der Waals surface area contributed by atoms with E-state index in [1.165, 1.54) is 17.5 Å². The van der Waals surface area contributed by atoms with Crippen LogP contribution in [0.4, 0.5) is 0 Å². The molecule has 15 heavy (non-hydrogen) atoms. The average Bonchev–Trinajstić information content (AvgIpc) is 2.62. The lowest BCUT2D eigenvalue weighted by Crippen LogP contribution is -2.11. The van der Waals surface area contributed by atoms with Crippen LogP contribution in [0, 0.1) is 12.8 Å². The third kappa shape index (κ3) is 1.44. The van der Waals surface area contributed by atoms with Gasteiger partial charge in [0.25, 0.3) is 0 Å².